The van der Waals surface area contributed by atoms with E-state index in [9.17, 15) is 9.59 Å². The van der Waals surface area contributed by atoms with Crippen LogP contribution in [0.2, 0.25) is 0 Å². The molecule has 0 heterocycles. The van der Waals surface area contributed by atoms with Crippen LogP contribution in [0.15, 0.2) is 72.8 Å². The number of benzene rings is 3. The molecule has 5 nitrogen and oxygen atoms in total. The zero-order valence-electron chi connectivity index (χ0n) is 16.2. The zero-order valence-corrected chi connectivity index (χ0v) is 16.2. The molecule has 0 aliphatic rings. The fraction of sp³-hybridized carbons (Fsp3) is 0.217. The lowest BCUT2D eigenvalue weighted by molar-refractivity contribution is -0.118. The van der Waals surface area contributed by atoms with Gasteiger partial charge in [-0.05, 0) is 49.2 Å². The van der Waals surface area contributed by atoms with Crippen molar-refractivity contribution in [3.8, 4) is 0 Å². The van der Waals surface area contributed by atoms with Crippen molar-refractivity contribution in [2.75, 3.05) is 5.32 Å². The van der Waals surface area contributed by atoms with Gasteiger partial charge in [0.15, 0.2) is 0 Å². The van der Waals surface area contributed by atoms with Gasteiger partial charge in [0, 0.05) is 5.69 Å². The number of ether oxygens (including phenoxy) is 1. The summed E-state index contributed by atoms with van der Waals surface area (Å²) in [5, 5.41) is 7.68. The summed E-state index contributed by atoms with van der Waals surface area (Å²) in [7, 11) is 0. The second kappa shape index (κ2) is 8.13. The Labute approximate surface area is 164 Å². The maximum atomic E-state index is 13.0. The summed E-state index contributed by atoms with van der Waals surface area (Å²) in [6.07, 6.45) is -0.644. The molecule has 0 bridgehead atoms. The van der Waals surface area contributed by atoms with E-state index in [4.69, 9.17) is 4.74 Å². The maximum Gasteiger partial charge on any atom is 0.408 e. The molecule has 3 aromatic carbocycles. The van der Waals surface area contributed by atoms with E-state index in [-0.39, 0.29) is 5.91 Å². The van der Waals surface area contributed by atoms with Crippen molar-refractivity contribution in [1.82, 2.24) is 5.32 Å². The van der Waals surface area contributed by atoms with Gasteiger partial charge in [0.2, 0.25) is 0 Å². The van der Waals surface area contributed by atoms with Crippen molar-refractivity contribution in [3.05, 3.63) is 78.4 Å². The Morgan fingerprint density at radius 1 is 0.857 bits per heavy atom. The Kier molecular flexibility index (Phi) is 5.64. The van der Waals surface area contributed by atoms with E-state index in [0.29, 0.717) is 11.3 Å². The molecule has 28 heavy (non-hydrogen) atoms. The number of alkyl carbamates (subject to hydrolysis) is 1. The SMILES string of the molecule is CC(C)(C)OC(=O)NC(C(=O)Nc1ccc2ccccc2c1)c1ccccc1. The van der Waals surface area contributed by atoms with Gasteiger partial charge in [-0.1, -0.05) is 60.7 Å². The van der Waals surface area contributed by atoms with Crippen LogP contribution in [0.1, 0.15) is 32.4 Å². The quantitative estimate of drug-likeness (QED) is 0.670. The molecule has 5 heteroatoms. The molecule has 2 amide bonds. The van der Waals surface area contributed by atoms with Crippen LogP contribution in [0, 0.1) is 0 Å². The van der Waals surface area contributed by atoms with Crippen LogP contribution in [0.4, 0.5) is 10.5 Å². The lowest BCUT2D eigenvalue weighted by Crippen LogP contribution is -2.40. The number of carbonyl (C=O) groups is 2. The van der Waals surface area contributed by atoms with Crippen molar-refractivity contribution in [3.63, 3.8) is 0 Å². The van der Waals surface area contributed by atoms with Crippen molar-refractivity contribution in [1.29, 1.82) is 0 Å². The van der Waals surface area contributed by atoms with Gasteiger partial charge in [0.25, 0.3) is 5.91 Å². The summed E-state index contributed by atoms with van der Waals surface area (Å²) < 4.78 is 5.32. The summed E-state index contributed by atoms with van der Waals surface area (Å²) >= 11 is 0. The van der Waals surface area contributed by atoms with Crippen LogP contribution in [-0.4, -0.2) is 17.6 Å². The van der Waals surface area contributed by atoms with E-state index in [1.165, 1.54) is 0 Å². The normalized spacial score (nSPS) is 12.2. The predicted octanol–water partition coefficient (Wildman–Crippen LogP) is 5.04. The van der Waals surface area contributed by atoms with E-state index in [1.54, 1.807) is 32.9 Å². The van der Waals surface area contributed by atoms with Crippen LogP contribution in [0.25, 0.3) is 10.8 Å². The summed E-state index contributed by atoms with van der Waals surface area (Å²) in [4.78, 5) is 25.2. The van der Waals surface area contributed by atoms with Crippen molar-refractivity contribution < 1.29 is 14.3 Å². The summed E-state index contributed by atoms with van der Waals surface area (Å²) in [6, 6.07) is 21.8. The highest BCUT2D eigenvalue weighted by atomic mass is 16.6. The molecule has 0 saturated carbocycles. The van der Waals surface area contributed by atoms with Crippen LogP contribution < -0.4 is 10.6 Å². The molecule has 3 aromatic rings. The van der Waals surface area contributed by atoms with Crippen molar-refractivity contribution >= 4 is 28.5 Å². The Morgan fingerprint density at radius 3 is 2.18 bits per heavy atom. The van der Waals surface area contributed by atoms with Gasteiger partial charge >= 0.3 is 6.09 Å². The minimum Gasteiger partial charge on any atom is -0.444 e. The van der Waals surface area contributed by atoms with Crippen molar-refractivity contribution in [2.45, 2.75) is 32.4 Å². The highest BCUT2D eigenvalue weighted by molar-refractivity contribution is 5.99. The molecular weight excluding hydrogens is 352 g/mol. The molecule has 0 saturated heterocycles. The first-order valence-electron chi connectivity index (χ1n) is 9.16. The van der Waals surface area contributed by atoms with E-state index < -0.39 is 17.7 Å². The Balaban J connectivity index is 1.82. The average Bonchev–Trinajstić information content (AvgIpc) is 2.65. The molecule has 0 radical (unpaired) electrons. The number of hydrogen-bond donors (Lipinski definition) is 2. The number of amides is 2. The third-order valence-corrected chi connectivity index (χ3v) is 4.07. The number of rotatable bonds is 4. The minimum absolute atomic E-state index is 0.340. The summed E-state index contributed by atoms with van der Waals surface area (Å²) in [5.74, 6) is -0.340. The standard InChI is InChI=1S/C23H24N2O3/c1-23(2,3)28-22(27)25-20(17-10-5-4-6-11-17)21(26)24-19-14-13-16-9-7-8-12-18(16)15-19/h4-15,20H,1-3H3,(H,24,26)(H,25,27). The van der Waals surface area contributed by atoms with Crippen LogP contribution in [0.5, 0.6) is 0 Å². The van der Waals surface area contributed by atoms with Gasteiger partial charge in [-0.2, -0.15) is 0 Å². The number of anilines is 1. The highest BCUT2D eigenvalue weighted by Gasteiger charge is 2.26. The fourth-order valence-electron chi connectivity index (χ4n) is 2.85. The molecule has 144 valence electrons. The lowest BCUT2D eigenvalue weighted by atomic mass is 10.1. The van der Waals surface area contributed by atoms with Crippen molar-refractivity contribution in [2.24, 2.45) is 0 Å². The lowest BCUT2D eigenvalue weighted by Gasteiger charge is -2.23. The molecular formula is C23H24N2O3. The topological polar surface area (TPSA) is 67.4 Å². The van der Waals surface area contributed by atoms with Crippen LogP contribution in [-0.2, 0) is 9.53 Å². The van der Waals surface area contributed by atoms with Gasteiger partial charge in [-0.3, -0.25) is 4.79 Å². The zero-order chi connectivity index (χ0) is 20.1. The Hall–Kier alpha value is -3.34. The van der Waals surface area contributed by atoms with Crippen LogP contribution >= 0.6 is 0 Å². The van der Waals surface area contributed by atoms with Gasteiger partial charge in [0.05, 0.1) is 0 Å². The monoisotopic (exact) mass is 376 g/mol. The molecule has 2 N–H and O–H groups in total. The second-order valence-corrected chi connectivity index (χ2v) is 7.54. The predicted molar refractivity (Wildman–Crippen MR) is 111 cm³/mol. The van der Waals surface area contributed by atoms with Gasteiger partial charge in [-0.25, -0.2) is 4.79 Å². The average molecular weight is 376 g/mol. The van der Waals surface area contributed by atoms with Gasteiger partial charge in [-0.15, -0.1) is 0 Å². The molecule has 0 aliphatic carbocycles. The molecule has 1 atom stereocenters. The first-order chi connectivity index (χ1) is 13.3. The fourth-order valence-corrected chi connectivity index (χ4v) is 2.85. The molecule has 1 unspecified atom stereocenters. The smallest absolute Gasteiger partial charge is 0.408 e. The van der Waals surface area contributed by atoms with Crippen LogP contribution in [0.3, 0.4) is 0 Å². The number of carbonyl (C=O) groups excluding carboxylic acids is 2. The Bertz CT molecular complexity index is 978. The molecule has 0 aliphatic heterocycles. The molecule has 0 spiro atoms. The Morgan fingerprint density at radius 2 is 1.50 bits per heavy atom. The second-order valence-electron chi connectivity index (χ2n) is 7.54. The van der Waals surface area contributed by atoms with E-state index >= 15 is 0 Å². The summed E-state index contributed by atoms with van der Waals surface area (Å²) in [5.41, 5.74) is 0.683. The number of fused-ring (bicyclic) bond motifs is 1. The van der Waals surface area contributed by atoms with E-state index in [1.807, 2.05) is 60.7 Å². The van der Waals surface area contributed by atoms with E-state index in [2.05, 4.69) is 10.6 Å². The third-order valence-electron chi connectivity index (χ3n) is 4.07. The highest BCUT2D eigenvalue weighted by Crippen LogP contribution is 2.21. The number of nitrogens with one attached hydrogen (secondary N) is 2. The first kappa shape index (κ1) is 19.4. The maximum absolute atomic E-state index is 13.0. The largest absolute Gasteiger partial charge is 0.444 e. The number of hydrogen-bond acceptors (Lipinski definition) is 3. The van der Waals surface area contributed by atoms with Gasteiger partial charge in [0.1, 0.15) is 11.6 Å². The molecule has 0 fully saturated rings. The molecule has 3 rings (SSSR count). The minimum atomic E-state index is -0.873. The third kappa shape index (κ3) is 5.10. The first-order valence-corrected chi connectivity index (χ1v) is 9.16. The molecule has 0 aromatic heterocycles. The summed E-state index contributed by atoms with van der Waals surface area (Å²) in [6.45, 7) is 5.33. The van der Waals surface area contributed by atoms with E-state index in [0.717, 1.165) is 10.8 Å². The van der Waals surface area contributed by atoms with Gasteiger partial charge < -0.3 is 15.4 Å².